The predicted octanol–water partition coefficient (Wildman–Crippen LogP) is 3.92. The van der Waals surface area contributed by atoms with E-state index in [1.54, 1.807) is 7.05 Å². The van der Waals surface area contributed by atoms with E-state index < -0.39 is 0 Å². The number of allylic oxidation sites excluding steroid dienone is 2. The second-order valence-electron chi connectivity index (χ2n) is 6.71. The van der Waals surface area contributed by atoms with E-state index in [2.05, 4.69) is 28.1 Å². The fraction of sp³-hybridized carbons (Fsp3) is 0.273. The molecule has 0 heterocycles. The first kappa shape index (κ1) is 20.9. The van der Waals surface area contributed by atoms with E-state index in [0.29, 0.717) is 11.5 Å². The zero-order valence-electron chi connectivity index (χ0n) is 16.7. The van der Waals surface area contributed by atoms with Gasteiger partial charge >= 0.3 is 0 Å². The number of likely N-dealkylation sites (N-methyl/N-ethyl adjacent to an activating group) is 1. The molecule has 152 valence electrons. The van der Waals surface area contributed by atoms with Gasteiger partial charge in [-0.25, -0.2) is 0 Å². The number of oxime groups is 1. The number of amides is 1. The lowest BCUT2D eigenvalue weighted by atomic mass is 10.0. The van der Waals surface area contributed by atoms with Crippen LogP contribution in [0.25, 0.3) is 0 Å². The average Bonchev–Trinajstić information content (AvgIpc) is 3.53. The predicted molar refractivity (Wildman–Crippen MR) is 113 cm³/mol. The summed E-state index contributed by atoms with van der Waals surface area (Å²) in [6, 6.07) is 15.4. The molecule has 0 bridgehead atoms. The van der Waals surface area contributed by atoms with Crippen LogP contribution in [0.4, 0.5) is 0 Å². The minimum atomic E-state index is -0.325. The lowest BCUT2D eigenvalue weighted by Gasteiger charge is -2.12. The largest absolute Gasteiger partial charge is 0.398 e. The molecular weight excluding hydrogens is 390 g/mol. The maximum absolute atomic E-state index is 12.1. The Kier molecular flexibility index (Phi) is 6.90. The highest BCUT2D eigenvalue weighted by Crippen LogP contribution is 2.48. The molecule has 1 amide bonds. The highest BCUT2D eigenvalue weighted by atomic mass is 35.5. The SMILES string of the molecule is CNC(=O)C(=NOC)c1ccccc1CONC(C)=C1C[C@H]1c1ccc(Cl)cc1. The zero-order chi connectivity index (χ0) is 20.8. The van der Waals surface area contributed by atoms with Gasteiger partial charge in [0.15, 0.2) is 5.71 Å². The molecule has 1 saturated carbocycles. The molecule has 0 unspecified atom stereocenters. The van der Waals surface area contributed by atoms with E-state index in [4.69, 9.17) is 21.3 Å². The number of hydroxylamine groups is 1. The fourth-order valence-electron chi connectivity index (χ4n) is 3.18. The standard InChI is InChI=1S/C22H24ClN3O3/c1-14(19-12-20(19)15-8-10-17(23)11-9-15)25-29-13-16-6-4-5-7-18(16)21(26-28-3)22(27)24-2/h4-11,20,25H,12-13H2,1-3H3,(H,24,27)/t20-/m0/s1. The molecule has 1 aliphatic rings. The van der Waals surface area contributed by atoms with Gasteiger partial charge in [-0.2, -0.15) is 0 Å². The van der Waals surface area contributed by atoms with Crippen molar-refractivity contribution < 1.29 is 14.5 Å². The first-order chi connectivity index (χ1) is 14.0. The second kappa shape index (κ2) is 9.58. The maximum Gasteiger partial charge on any atom is 0.273 e. The van der Waals surface area contributed by atoms with Crippen molar-refractivity contribution >= 4 is 23.2 Å². The van der Waals surface area contributed by atoms with Crippen molar-refractivity contribution in [3.8, 4) is 0 Å². The number of halogens is 1. The third-order valence-corrected chi connectivity index (χ3v) is 5.04. The van der Waals surface area contributed by atoms with Crippen LogP contribution >= 0.6 is 11.6 Å². The molecule has 0 aliphatic heterocycles. The quantitative estimate of drug-likeness (QED) is 0.508. The summed E-state index contributed by atoms with van der Waals surface area (Å²) in [4.78, 5) is 22.7. The Labute approximate surface area is 175 Å². The van der Waals surface area contributed by atoms with E-state index >= 15 is 0 Å². The van der Waals surface area contributed by atoms with E-state index in [0.717, 1.165) is 22.7 Å². The van der Waals surface area contributed by atoms with Crippen LogP contribution in [-0.4, -0.2) is 25.8 Å². The smallest absolute Gasteiger partial charge is 0.273 e. The number of nitrogens with one attached hydrogen (secondary N) is 2. The van der Waals surface area contributed by atoms with Crippen molar-refractivity contribution in [2.24, 2.45) is 5.16 Å². The first-order valence-electron chi connectivity index (χ1n) is 9.29. The third-order valence-electron chi connectivity index (χ3n) is 4.79. The van der Waals surface area contributed by atoms with Gasteiger partial charge in [0, 0.05) is 29.2 Å². The number of benzene rings is 2. The van der Waals surface area contributed by atoms with Gasteiger partial charge in [0.05, 0.1) is 0 Å². The van der Waals surface area contributed by atoms with Gasteiger partial charge < -0.3 is 10.2 Å². The Bertz CT molecular complexity index is 939. The van der Waals surface area contributed by atoms with Gasteiger partial charge in [0.2, 0.25) is 0 Å². The Balaban J connectivity index is 1.65. The van der Waals surface area contributed by atoms with Crippen LogP contribution in [0.5, 0.6) is 0 Å². The molecule has 6 nitrogen and oxygen atoms in total. The van der Waals surface area contributed by atoms with E-state index in [1.807, 2.05) is 43.3 Å². The number of hydrogen-bond acceptors (Lipinski definition) is 5. The van der Waals surface area contributed by atoms with Crippen LogP contribution in [0.3, 0.4) is 0 Å². The molecule has 1 aliphatic carbocycles. The van der Waals surface area contributed by atoms with Crippen molar-refractivity contribution in [1.29, 1.82) is 0 Å². The van der Waals surface area contributed by atoms with Crippen molar-refractivity contribution in [2.45, 2.75) is 25.9 Å². The number of hydrogen-bond donors (Lipinski definition) is 2. The Morgan fingerprint density at radius 1 is 1.21 bits per heavy atom. The molecule has 0 spiro atoms. The molecule has 7 heteroatoms. The Hall–Kier alpha value is -2.83. The number of rotatable bonds is 8. The summed E-state index contributed by atoms with van der Waals surface area (Å²) in [6.07, 6.45) is 1.00. The molecule has 0 saturated heterocycles. The number of carbonyl (C=O) groups is 1. The van der Waals surface area contributed by atoms with E-state index in [1.165, 1.54) is 18.2 Å². The Morgan fingerprint density at radius 3 is 2.62 bits per heavy atom. The summed E-state index contributed by atoms with van der Waals surface area (Å²) in [6.45, 7) is 2.27. The second-order valence-corrected chi connectivity index (χ2v) is 7.14. The van der Waals surface area contributed by atoms with Gasteiger partial charge in [-0.3, -0.25) is 15.1 Å². The molecular formula is C22H24ClN3O3. The minimum Gasteiger partial charge on any atom is -0.398 e. The van der Waals surface area contributed by atoms with E-state index in [-0.39, 0.29) is 18.2 Å². The molecule has 0 aromatic heterocycles. The molecule has 1 fully saturated rings. The summed E-state index contributed by atoms with van der Waals surface area (Å²) in [5.74, 6) is 0.0821. The van der Waals surface area contributed by atoms with Crippen molar-refractivity contribution in [1.82, 2.24) is 10.8 Å². The van der Waals surface area contributed by atoms with Crippen molar-refractivity contribution in [3.05, 3.63) is 81.5 Å². The molecule has 29 heavy (non-hydrogen) atoms. The van der Waals surface area contributed by atoms with Gasteiger partial charge in [0.1, 0.15) is 13.7 Å². The normalized spacial score (nSPS) is 17.5. The van der Waals surface area contributed by atoms with E-state index in [9.17, 15) is 4.79 Å². The van der Waals surface area contributed by atoms with Gasteiger partial charge in [0.25, 0.3) is 5.91 Å². The highest BCUT2D eigenvalue weighted by Gasteiger charge is 2.33. The number of carbonyl (C=O) groups excluding carboxylic acids is 1. The van der Waals surface area contributed by atoms with Crippen LogP contribution < -0.4 is 10.8 Å². The summed E-state index contributed by atoms with van der Waals surface area (Å²) in [5, 5.41) is 7.18. The van der Waals surface area contributed by atoms with Crippen LogP contribution in [0, 0.1) is 0 Å². The van der Waals surface area contributed by atoms with Gasteiger partial charge in [-0.15, -0.1) is 0 Å². The Morgan fingerprint density at radius 2 is 1.93 bits per heavy atom. The molecule has 1 atom stereocenters. The molecule has 2 aromatic carbocycles. The summed E-state index contributed by atoms with van der Waals surface area (Å²) in [5.41, 5.74) is 8.27. The fourth-order valence-corrected chi connectivity index (χ4v) is 3.30. The van der Waals surface area contributed by atoms with Gasteiger partial charge in [-0.1, -0.05) is 53.2 Å². The highest BCUT2D eigenvalue weighted by molar-refractivity contribution is 6.45. The monoisotopic (exact) mass is 413 g/mol. The zero-order valence-corrected chi connectivity index (χ0v) is 17.4. The summed E-state index contributed by atoms with van der Waals surface area (Å²) in [7, 11) is 2.96. The van der Waals surface area contributed by atoms with Crippen LogP contribution in [-0.2, 0) is 21.1 Å². The third kappa shape index (κ3) is 5.16. The van der Waals surface area contributed by atoms with Crippen LogP contribution in [0.2, 0.25) is 5.02 Å². The minimum absolute atomic E-state index is 0.203. The summed E-state index contributed by atoms with van der Waals surface area (Å²) >= 11 is 5.96. The average molecular weight is 414 g/mol. The molecule has 2 aromatic rings. The number of nitrogens with zero attached hydrogens (tertiary/aromatic N) is 1. The maximum atomic E-state index is 12.1. The lowest BCUT2D eigenvalue weighted by molar-refractivity contribution is -0.114. The first-order valence-corrected chi connectivity index (χ1v) is 9.67. The van der Waals surface area contributed by atoms with Crippen LogP contribution in [0.15, 0.2) is 65.0 Å². The van der Waals surface area contributed by atoms with Gasteiger partial charge in [-0.05, 0) is 42.2 Å². The molecule has 0 radical (unpaired) electrons. The van der Waals surface area contributed by atoms with Crippen LogP contribution in [0.1, 0.15) is 36.0 Å². The van der Waals surface area contributed by atoms with Crippen molar-refractivity contribution in [3.63, 3.8) is 0 Å². The molecule has 2 N–H and O–H groups in total. The lowest BCUT2D eigenvalue weighted by Crippen LogP contribution is -2.29. The summed E-state index contributed by atoms with van der Waals surface area (Å²) < 4.78 is 0. The molecule has 3 rings (SSSR count). The van der Waals surface area contributed by atoms with Crippen molar-refractivity contribution in [2.75, 3.05) is 14.2 Å². The topological polar surface area (TPSA) is 72.0 Å².